The fourth-order valence-electron chi connectivity index (χ4n) is 18.1. The summed E-state index contributed by atoms with van der Waals surface area (Å²) in [4.78, 5) is 132. The number of carbonyl (C=O) groups excluding carboxylic acids is 5. The van der Waals surface area contributed by atoms with Crippen molar-refractivity contribution in [3.8, 4) is 0 Å². The first-order chi connectivity index (χ1) is 58.2. The minimum absolute atomic E-state index is 0.00614. The average Bonchev–Trinajstić information content (AvgIpc) is 1.56. The van der Waals surface area contributed by atoms with Crippen LogP contribution in [-0.2, 0) is 106 Å². The molecule has 36 nitrogen and oxygen atoms in total. The van der Waals surface area contributed by atoms with Crippen molar-refractivity contribution in [2.24, 2.45) is 11.8 Å². The summed E-state index contributed by atoms with van der Waals surface area (Å²) < 4.78 is 145. The number of hydrogen-bond acceptors (Lipinski definition) is 22. The fourth-order valence-corrected chi connectivity index (χ4v) is 20.7. The van der Waals surface area contributed by atoms with Gasteiger partial charge in [0.25, 0.3) is 52.3 Å². The second-order valence-electron chi connectivity index (χ2n) is 32.9. The summed E-state index contributed by atoms with van der Waals surface area (Å²) in [6.45, 7) is 6.33. The molecule has 2 fully saturated rings. The molecule has 5 aromatic rings. The number of rotatable bonds is 42. The quantitative estimate of drug-likeness (QED) is 0.00594. The van der Waals surface area contributed by atoms with Crippen LogP contribution in [0.2, 0.25) is 0 Å². The molecule has 3 aliphatic heterocycles. The van der Waals surface area contributed by atoms with Crippen LogP contribution >= 0.6 is 0 Å². The Bertz CT molecular complexity index is 5630. The number of hydrogen-bond donors (Lipinski definition) is 12. The number of aliphatic carboxylic acids is 5. The molecule has 0 saturated heterocycles. The summed E-state index contributed by atoms with van der Waals surface area (Å²) in [5, 5.41) is 58.9. The van der Waals surface area contributed by atoms with Crippen LogP contribution in [0.25, 0.3) is 21.5 Å². The van der Waals surface area contributed by atoms with Gasteiger partial charge < -0.3 is 46.4 Å². The van der Waals surface area contributed by atoms with Gasteiger partial charge in [-0.05, 0) is 180 Å². The summed E-state index contributed by atoms with van der Waals surface area (Å²) in [6.07, 6.45) is 16.8. The van der Waals surface area contributed by atoms with Crippen molar-refractivity contribution in [2.75, 3.05) is 75.7 Å². The van der Waals surface area contributed by atoms with Crippen molar-refractivity contribution < 1.29 is 130 Å². The van der Waals surface area contributed by atoms with Crippen LogP contribution in [0.3, 0.4) is 0 Å². The summed E-state index contributed by atoms with van der Waals surface area (Å²) in [5.41, 5.74) is 1.89. The van der Waals surface area contributed by atoms with Gasteiger partial charge in [0.1, 0.15) is 22.4 Å². The second-order valence-corrected chi connectivity index (χ2v) is 38.5. The SMILES string of the molecule is CCN1/C(=C/C=C/C=C/C2=[N+](CCCCCC(=O)N[C@@H](CCCCNC(=O)C3CCC(CN4C(=O)C=CC4=O)CC3)C(=O)Nc3ccc(C[C@H](CN(CC(=O)O)[C@H]4CCCC[C@@H]4N(CC(=O)O)CC(=O)O)N(CC(=O)O)CC(=O)O)cc3)c3ccc4c(S(=O)(=O)O)cc(S(=O)(=O)O)cc4c3C2(C)C)C(C)(C)c2c1ccc1c(S(=O)(=O)O)cc(S(=O)(=O)O)cc21. The number of carboxylic acids is 5. The largest absolute Gasteiger partial charge is 0.480 e. The molecule has 0 bridgehead atoms. The molecule has 40 heteroatoms. The number of nitrogens with zero attached hydrogens (tertiary/aromatic N) is 6. The summed E-state index contributed by atoms with van der Waals surface area (Å²) in [6, 6.07) is 12.1. The Morgan fingerprint density at radius 2 is 1.11 bits per heavy atom. The number of fused-ring (bicyclic) bond motifs is 6. The molecule has 0 radical (unpaired) electrons. The highest BCUT2D eigenvalue weighted by Gasteiger charge is 2.48. The molecule has 10 rings (SSSR count). The Kier molecular flexibility index (Phi) is 30.7. The van der Waals surface area contributed by atoms with Crippen molar-refractivity contribution in [1.82, 2.24) is 30.2 Å². The van der Waals surface area contributed by atoms with E-state index in [1.165, 1.54) is 51.1 Å². The zero-order valence-corrected chi connectivity index (χ0v) is 72.3. The maximum Gasteiger partial charge on any atom is 0.317 e. The van der Waals surface area contributed by atoms with E-state index >= 15 is 0 Å². The number of nitrogens with one attached hydrogen (secondary N) is 3. The molecule has 5 aliphatic rings. The Balaban J connectivity index is 0.881. The van der Waals surface area contributed by atoms with Crippen molar-refractivity contribution in [1.29, 1.82) is 0 Å². The molecular formula is C84H104N9O27S4+. The highest BCUT2D eigenvalue weighted by atomic mass is 32.2. The van der Waals surface area contributed by atoms with E-state index in [9.17, 15) is 125 Å². The molecular weight excluding hydrogens is 1700 g/mol. The Labute approximate surface area is 717 Å². The van der Waals surface area contributed by atoms with Gasteiger partial charge in [0, 0.05) is 126 Å². The molecule has 12 N–H and O–H groups in total. The van der Waals surface area contributed by atoms with E-state index in [1.54, 1.807) is 68.5 Å². The summed E-state index contributed by atoms with van der Waals surface area (Å²) in [7, 11) is -20.2. The third-order valence-corrected chi connectivity index (χ3v) is 27.1. The highest BCUT2D eigenvalue weighted by Crippen LogP contribution is 2.52. The van der Waals surface area contributed by atoms with E-state index < -0.39 is 169 Å². The monoisotopic (exact) mass is 1800 g/mol. The number of carboxylic acid groups (broad SMARTS) is 5. The molecule has 0 aromatic heterocycles. The zero-order valence-electron chi connectivity index (χ0n) is 69.0. The lowest BCUT2D eigenvalue weighted by atomic mass is 9.79. The number of anilines is 2. The van der Waals surface area contributed by atoms with Gasteiger partial charge >= 0.3 is 29.8 Å². The predicted octanol–water partition coefficient (Wildman–Crippen LogP) is 7.42. The second kappa shape index (κ2) is 39.8. The third-order valence-electron chi connectivity index (χ3n) is 23.7. The molecule has 4 atom stereocenters. The topological polar surface area (TPSA) is 545 Å². The average molecular weight is 1800 g/mol. The van der Waals surface area contributed by atoms with Gasteiger partial charge in [-0.1, -0.05) is 63.1 Å². The van der Waals surface area contributed by atoms with Crippen molar-refractivity contribution in [3.63, 3.8) is 0 Å². The molecule has 5 amide bonds. The molecule has 0 spiro atoms. The lowest BCUT2D eigenvalue weighted by Gasteiger charge is -2.45. The number of likely N-dealkylation sites (N-methyl/N-ethyl adjacent to an activating group) is 1. The molecule has 3 heterocycles. The van der Waals surface area contributed by atoms with Gasteiger partial charge in [-0.15, -0.1) is 0 Å². The van der Waals surface area contributed by atoms with Gasteiger partial charge in [-0.2, -0.15) is 38.2 Å². The van der Waals surface area contributed by atoms with Crippen LogP contribution in [0, 0.1) is 11.8 Å². The van der Waals surface area contributed by atoms with Gasteiger partial charge in [0.15, 0.2) is 5.71 Å². The number of amides is 5. The normalized spacial score (nSPS) is 19.4. The van der Waals surface area contributed by atoms with E-state index in [2.05, 4.69) is 16.0 Å². The van der Waals surface area contributed by atoms with E-state index in [1.807, 2.05) is 30.2 Å². The minimum atomic E-state index is -5.12. The van der Waals surface area contributed by atoms with Crippen molar-refractivity contribution in [2.45, 2.75) is 192 Å². The van der Waals surface area contributed by atoms with Crippen LogP contribution in [0.1, 0.15) is 148 Å². The van der Waals surface area contributed by atoms with Gasteiger partial charge in [-0.3, -0.25) is 85.8 Å². The lowest BCUT2D eigenvalue weighted by molar-refractivity contribution is -0.438. The Hall–Kier alpha value is -10.5. The first-order valence-electron chi connectivity index (χ1n) is 40.6. The first kappa shape index (κ1) is 95.7. The minimum Gasteiger partial charge on any atom is -0.480 e. The van der Waals surface area contributed by atoms with E-state index in [4.69, 9.17) is 0 Å². The van der Waals surface area contributed by atoms with Crippen LogP contribution in [0.5, 0.6) is 0 Å². The standard InChI is InChI=1S/C84H103N9O27S4/c1-6-91-65-33-31-58-60(40-56(121(109,110)111)42-67(58)123(115,116)117)79(65)83(2,3)69(91)20-9-7-10-21-70-84(4,5)80-61-41-57(122(112,113)114)43-68(124(118,119)120)59(61)32-34-66(80)92(70)38-16-8-11-22-71(94)87-62(17-14-15-37-85-81(107)53-27-23-52(24-28-53)44-93-72(95)35-36-73(93)96)82(108)86-54-29-25-51(26-30-54)39-55(88(46-74(97)98)47-75(99)100)45-89(48-76(101)102)63-18-12-13-19-64(63)90(49-77(103)104)50-78(105)106/h7,9-10,20-21,25-26,29-36,40-43,52-53,55,62-64H,6,8,11-19,22-24,27-28,37-39,44-50H2,1-5H3,(H11-,85,86,87,94,97,98,99,100,101,102,103,104,105,106,107,108,109,110,111,112,113,114,115,116,117,118,119,120)/p+1/t52?,53?,55-,62+,63+,64+/m1/s1. The fraction of sp³-hybridized carbons (Fsp3) is 0.464. The highest BCUT2D eigenvalue weighted by molar-refractivity contribution is 7.87. The number of allylic oxidation sites excluding steroid dienone is 6. The molecule has 2 saturated carbocycles. The maximum absolute atomic E-state index is 14.6. The van der Waals surface area contributed by atoms with Crippen LogP contribution in [-0.4, -0.2) is 256 Å². The number of unbranched alkanes of at least 4 members (excludes halogenated alkanes) is 3. The predicted molar refractivity (Wildman–Crippen MR) is 452 cm³/mol. The summed E-state index contributed by atoms with van der Waals surface area (Å²) >= 11 is 0. The molecule has 124 heavy (non-hydrogen) atoms. The van der Waals surface area contributed by atoms with E-state index in [-0.39, 0.29) is 109 Å². The smallest absolute Gasteiger partial charge is 0.317 e. The zero-order chi connectivity index (χ0) is 90.9. The molecule has 2 aliphatic carbocycles. The van der Waals surface area contributed by atoms with Gasteiger partial charge in [-0.25, -0.2) is 0 Å². The van der Waals surface area contributed by atoms with Crippen molar-refractivity contribution >= 4 is 144 Å². The van der Waals surface area contributed by atoms with Crippen LogP contribution in [0.15, 0.2) is 141 Å². The van der Waals surface area contributed by atoms with E-state index in [0.717, 1.165) is 17.0 Å². The maximum atomic E-state index is 14.6. The van der Waals surface area contributed by atoms with E-state index in [0.29, 0.717) is 135 Å². The molecule has 0 unspecified atom stereocenters. The van der Waals surface area contributed by atoms with Gasteiger partial charge in [0.2, 0.25) is 23.4 Å². The van der Waals surface area contributed by atoms with Crippen LogP contribution in [0.4, 0.5) is 17.1 Å². The molecule has 670 valence electrons. The first-order valence-corrected chi connectivity index (χ1v) is 46.4. The number of imide groups is 1. The number of benzene rings is 5. The van der Waals surface area contributed by atoms with Crippen molar-refractivity contribution in [3.05, 3.63) is 138 Å². The number of carbonyl (C=O) groups is 10. The molecule has 5 aromatic carbocycles. The summed E-state index contributed by atoms with van der Waals surface area (Å²) in [5.74, 6) is -9.14. The lowest BCUT2D eigenvalue weighted by Crippen LogP contribution is -2.59. The Morgan fingerprint density at radius 1 is 0.573 bits per heavy atom. The van der Waals surface area contributed by atoms with Gasteiger partial charge in [0.05, 0.1) is 47.9 Å². The Morgan fingerprint density at radius 3 is 1.65 bits per heavy atom. The van der Waals surface area contributed by atoms with Crippen LogP contribution < -0.4 is 20.9 Å². The third kappa shape index (κ3) is 23.3.